The number of amides is 1. The Balaban J connectivity index is 2.02. The topological polar surface area (TPSA) is 54.5 Å². The zero-order valence-electron chi connectivity index (χ0n) is 14.1. The highest BCUT2D eigenvalue weighted by Crippen LogP contribution is 2.28. The number of sulfone groups is 1. The SMILES string of the molecule is CCN(C(=O)c1ccc(S(C)(=O)=O)cc1)c1cccc2ccccc12. The molecular weight excluding hydrogens is 334 g/mol. The van der Waals surface area contributed by atoms with Gasteiger partial charge in [0.1, 0.15) is 0 Å². The lowest BCUT2D eigenvalue weighted by Gasteiger charge is -2.23. The van der Waals surface area contributed by atoms with Crippen LogP contribution in [0.1, 0.15) is 17.3 Å². The van der Waals surface area contributed by atoms with E-state index in [1.807, 2.05) is 49.4 Å². The third kappa shape index (κ3) is 3.42. The minimum Gasteiger partial charge on any atom is -0.308 e. The van der Waals surface area contributed by atoms with E-state index in [0.29, 0.717) is 12.1 Å². The van der Waals surface area contributed by atoms with Gasteiger partial charge in [0.15, 0.2) is 9.84 Å². The first-order chi connectivity index (χ1) is 11.9. The predicted molar refractivity (Wildman–Crippen MR) is 101 cm³/mol. The van der Waals surface area contributed by atoms with E-state index in [9.17, 15) is 13.2 Å². The van der Waals surface area contributed by atoms with Crippen molar-refractivity contribution in [2.75, 3.05) is 17.7 Å². The van der Waals surface area contributed by atoms with Crippen molar-refractivity contribution in [3.63, 3.8) is 0 Å². The van der Waals surface area contributed by atoms with E-state index in [0.717, 1.165) is 22.7 Å². The summed E-state index contributed by atoms with van der Waals surface area (Å²) in [4.78, 5) is 14.9. The maximum atomic E-state index is 13.0. The molecule has 0 aromatic heterocycles. The molecule has 3 aromatic carbocycles. The number of benzene rings is 3. The predicted octanol–water partition coefficient (Wildman–Crippen LogP) is 3.91. The van der Waals surface area contributed by atoms with Gasteiger partial charge in [0, 0.05) is 23.8 Å². The summed E-state index contributed by atoms with van der Waals surface area (Å²) >= 11 is 0. The van der Waals surface area contributed by atoms with Gasteiger partial charge in [-0.05, 0) is 42.6 Å². The molecule has 0 radical (unpaired) electrons. The van der Waals surface area contributed by atoms with Crippen LogP contribution in [0.25, 0.3) is 10.8 Å². The van der Waals surface area contributed by atoms with Crippen molar-refractivity contribution < 1.29 is 13.2 Å². The second-order valence-corrected chi connectivity index (χ2v) is 7.86. The van der Waals surface area contributed by atoms with E-state index in [2.05, 4.69) is 0 Å². The summed E-state index contributed by atoms with van der Waals surface area (Å²) in [5.41, 5.74) is 1.31. The Kier molecular flexibility index (Phi) is 4.59. The molecule has 0 fully saturated rings. The van der Waals surface area contributed by atoms with Gasteiger partial charge in [-0.2, -0.15) is 0 Å². The number of hydrogen-bond donors (Lipinski definition) is 0. The van der Waals surface area contributed by atoms with Crippen LogP contribution in [0.2, 0.25) is 0 Å². The van der Waals surface area contributed by atoms with Crippen LogP contribution < -0.4 is 4.90 Å². The van der Waals surface area contributed by atoms with E-state index >= 15 is 0 Å². The highest BCUT2D eigenvalue weighted by molar-refractivity contribution is 7.90. The van der Waals surface area contributed by atoms with Crippen LogP contribution in [0.5, 0.6) is 0 Å². The average Bonchev–Trinajstić information content (AvgIpc) is 2.62. The van der Waals surface area contributed by atoms with Crippen molar-refractivity contribution in [3.05, 3.63) is 72.3 Å². The first-order valence-electron chi connectivity index (χ1n) is 8.01. The lowest BCUT2D eigenvalue weighted by molar-refractivity contribution is 0.0988. The molecule has 0 N–H and O–H groups in total. The number of carbonyl (C=O) groups excluding carboxylic acids is 1. The van der Waals surface area contributed by atoms with Crippen LogP contribution in [-0.2, 0) is 9.84 Å². The molecule has 5 heteroatoms. The van der Waals surface area contributed by atoms with Gasteiger partial charge < -0.3 is 4.90 Å². The van der Waals surface area contributed by atoms with E-state index < -0.39 is 9.84 Å². The van der Waals surface area contributed by atoms with Gasteiger partial charge in [-0.3, -0.25) is 4.79 Å². The normalized spacial score (nSPS) is 11.4. The summed E-state index contributed by atoms with van der Waals surface area (Å²) in [6.45, 7) is 2.44. The lowest BCUT2D eigenvalue weighted by Crippen LogP contribution is -2.30. The van der Waals surface area contributed by atoms with Crippen molar-refractivity contribution >= 4 is 32.2 Å². The van der Waals surface area contributed by atoms with Crippen LogP contribution in [0.15, 0.2) is 71.6 Å². The van der Waals surface area contributed by atoms with E-state index in [4.69, 9.17) is 0 Å². The van der Waals surface area contributed by atoms with Crippen LogP contribution in [0, 0.1) is 0 Å². The molecule has 0 saturated carbocycles. The fourth-order valence-electron chi connectivity index (χ4n) is 2.87. The summed E-state index contributed by atoms with van der Waals surface area (Å²) in [5, 5.41) is 2.08. The summed E-state index contributed by atoms with van der Waals surface area (Å²) in [6, 6.07) is 19.9. The summed E-state index contributed by atoms with van der Waals surface area (Å²) < 4.78 is 23.2. The van der Waals surface area contributed by atoms with Gasteiger partial charge in [-0.25, -0.2) is 8.42 Å². The van der Waals surface area contributed by atoms with Crippen molar-refractivity contribution in [2.45, 2.75) is 11.8 Å². The second-order valence-electron chi connectivity index (χ2n) is 5.84. The lowest BCUT2D eigenvalue weighted by atomic mass is 10.1. The first kappa shape index (κ1) is 17.2. The Bertz CT molecular complexity index is 1020. The molecule has 0 aliphatic carbocycles. The molecule has 0 unspecified atom stereocenters. The minimum atomic E-state index is -3.28. The van der Waals surface area contributed by atoms with Gasteiger partial charge in [0.25, 0.3) is 5.91 Å². The Morgan fingerprint density at radius 1 is 0.920 bits per heavy atom. The minimum absolute atomic E-state index is 0.154. The Hall–Kier alpha value is -2.66. The molecule has 0 saturated heterocycles. The fraction of sp³-hybridized carbons (Fsp3) is 0.150. The second kappa shape index (κ2) is 6.69. The molecule has 0 atom stereocenters. The number of carbonyl (C=O) groups is 1. The molecule has 0 aliphatic rings. The van der Waals surface area contributed by atoms with Crippen LogP contribution >= 0.6 is 0 Å². The zero-order chi connectivity index (χ0) is 18.0. The van der Waals surface area contributed by atoms with E-state index in [1.54, 1.807) is 17.0 Å². The van der Waals surface area contributed by atoms with Crippen molar-refractivity contribution in [1.29, 1.82) is 0 Å². The van der Waals surface area contributed by atoms with Crippen molar-refractivity contribution in [3.8, 4) is 0 Å². The number of hydrogen-bond acceptors (Lipinski definition) is 3. The molecule has 4 nitrogen and oxygen atoms in total. The summed E-state index contributed by atoms with van der Waals surface area (Å²) in [6.07, 6.45) is 1.15. The van der Waals surface area contributed by atoms with Gasteiger partial charge in [-0.15, -0.1) is 0 Å². The molecule has 0 heterocycles. The maximum absolute atomic E-state index is 13.0. The van der Waals surface area contributed by atoms with Gasteiger partial charge in [-0.1, -0.05) is 36.4 Å². The van der Waals surface area contributed by atoms with Crippen molar-refractivity contribution in [1.82, 2.24) is 0 Å². The first-order valence-corrected chi connectivity index (χ1v) is 9.90. The zero-order valence-corrected chi connectivity index (χ0v) is 15.0. The van der Waals surface area contributed by atoms with Crippen LogP contribution in [-0.4, -0.2) is 27.1 Å². The Morgan fingerprint density at radius 2 is 1.56 bits per heavy atom. The maximum Gasteiger partial charge on any atom is 0.258 e. The number of anilines is 1. The van der Waals surface area contributed by atoms with Crippen molar-refractivity contribution in [2.24, 2.45) is 0 Å². The van der Waals surface area contributed by atoms with E-state index in [1.165, 1.54) is 12.1 Å². The average molecular weight is 353 g/mol. The molecule has 0 spiro atoms. The van der Waals surface area contributed by atoms with Gasteiger partial charge in [0.05, 0.1) is 10.6 Å². The van der Waals surface area contributed by atoms with Gasteiger partial charge in [0.2, 0.25) is 0 Å². The molecule has 1 amide bonds. The number of rotatable bonds is 4. The Labute approximate surface area is 147 Å². The standard InChI is InChI=1S/C20H19NO3S/c1-3-21(19-10-6-8-15-7-4-5-9-18(15)19)20(22)16-11-13-17(14-12-16)25(2,23)24/h4-14H,3H2,1-2H3. The van der Waals surface area contributed by atoms with Crippen LogP contribution in [0.4, 0.5) is 5.69 Å². The molecular formula is C20H19NO3S. The van der Waals surface area contributed by atoms with Crippen LogP contribution in [0.3, 0.4) is 0 Å². The summed E-state index contributed by atoms with van der Waals surface area (Å²) in [7, 11) is -3.28. The highest BCUT2D eigenvalue weighted by Gasteiger charge is 2.18. The van der Waals surface area contributed by atoms with Gasteiger partial charge >= 0.3 is 0 Å². The Morgan fingerprint density at radius 3 is 2.20 bits per heavy atom. The largest absolute Gasteiger partial charge is 0.308 e. The molecule has 0 bridgehead atoms. The van der Waals surface area contributed by atoms with E-state index in [-0.39, 0.29) is 10.8 Å². The monoisotopic (exact) mass is 353 g/mol. The third-order valence-corrected chi connectivity index (χ3v) is 5.28. The quantitative estimate of drug-likeness (QED) is 0.714. The molecule has 3 rings (SSSR count). The summed E-state index contributed by atoms with van der Waals surface area (Å²) in [5.74, 6) is -0.154. The third-order valence-electron chi connectivity index (χ3n) is 4.15. The number of nitrogens with zero attached hydrogens (tertiary/aromatic N) is 1. The smallest absolute Gasteiger partial charge is 0.258 e. The number of fused-ring (bicyclic) bond motifs is 1. The highest BCUT2D eigenvalue weighted by atomic mass is 32.2. The fourth-order valence-corrected chi connectivity index (χ4v) is 3.50. The molecule has 128 valence electrons. The molecule has 25 heavy (non-hydrogen) atoms. The molecule has 0 aliphatic heterocycles. The molecule has 3 aromatic rings.